The maximum atomic E-state index is 11.9. The van der Waals surface area contributed by atoms with Crippen molar-refractivity contribution in [1.82, 2.24) is 4.98 Å². The summed E-state index contributed by atoms with van der Waals surface area (Å²) in [6.07, 6.45) is 6.99. The number of aromatic nitrogens is 1. The Labute approximate surface area is 150 Å². The molecule has 5 nitrogen and oxygen atoms in total. The lowest BCUT2D eigenvalue weighted by atomic mass is 9.96. The van der Waals surface area contributed by atoms with Crippen molar-refractivity contribution in [1.29, 1.82) is 0 Å². The molecule has 0 atom stereocenters. The van der Waals surface area contributed by atoms with Gasteiger partial charge in [0.2, 0.25) is 0 Å². The number of halogens is 1. The molecule has 3 rings (SSSR count). The van der Waals surface area contributed by atoms with E-state index in [0.29, 0.717) is 11.6 Å². The lowest BCUT2D eigenvalue weighted by Gasteiger charge is -2.12. The van der Waals surface area contributed by atoms with Crippen LogP contribution in [0.1, 0.15) is 36.9 Å². The zero-order valence-electron chi connectivity index (χ0n) is 13.7. The number of urea groups is 1. The molecule has 1 aliphatic rings. The van der Waals surface area contributed by atoms with Gasteiger partial charge in [-0.2, -0.15) is 0 Å². The number of hydrogen-bond acceptors (Lipinski definition) is 2. The first-order valence-electron chi connectivity index (χ1n) is 8.31. The van der Waals surface area contributed by atoms with E-state index in [0.717, 1.165) is 29.7 Å². The number of rotatable bonds is 4. The van der Waals surface area contributed by atoms with Gasteiger partial charge in [-0.1, -0.05) is 42.7 Å². The number of benzene rings is 1. The quantitative estimate of drug-likeness (QED) is 0.767. The summed E-state index contributed by atoms with van der Waals surface area (Å²) >= 11 is 5.86. The minimum absolute atomic E-state index is 0.171. The van der Waals surface area contributed by atoms with E-state index >= 15 is 0 Å². The monoisotopic (exact) mass is 357 g/mol. The van der Waals surface area contributed by atoms with Gasteiger partial charge >= 0.3 is 6.03 Å². The number of amides is 2. The van der Waals surface area contributed by atoms with Gasteiger partial charge < -0.3 is 16.0 Å². The van der Waals surface area contributed by atoms with Gasteiger partial charge in [-0.15, -0.1) is 0 Å². The van der Waals surface area contributed by atoms with Crippen molar-refractivity contribution < 1.29 is 4.79 Å². The van der Waals surface area contributed by atoms with Gasteiger partial charge in [0.1, 0.15) is 5.02 Å². The first-order valence-corrected chi connectivity index (χ1v) is 8.68. The Hall–Kier alpha value is -2.53. The average molecular weight is 358 g/mol. The Bertz CT molecular complexity index is 850. The van der Waals surface area contributed by atoms with Gasteiger partial charge in [0.15, 0.2) is 0 Å². The molecular weight excluding hydrogens is 338 g/mol. The van der Waals surface area contributed by atoms with Crippen molar-refractivity contribution in [2.45, 2.75) is 25.7 Å². The van der Waals surface area contributed by atoms with Crippen LogP contribution in [0.25, 0.3) is 5.57 Å². The van der Waals surface area contributed by atoms with E-state index in [-0.39, 0.29) is 10.6 Å². The highest BCUT2D eigenvalue weighted by atomic mass is 35.5. The summed E-state index contributed by atoms with van der Waals surface area (Å²) in [7, 11) is 0. The standard InChI is InChI=1S/C19H20ClN3O2/c20-16-9-10-17(23-18(16)24)15(11-12-3-1-2-4-12)13-5-7-14(8-6-13)22-19(21)25/h5-12H,1-4H2,(H,23,24)(H3,21,22,25)/b15-11+. The zero-order chi connectivity index (χ0) is 17.8. The molecule has 0 aliphatic heterocycles. The molecule has 0 spiro atoms. The summed E-state index contributed by atoms with van der Waals surface area (Å²) in [6, 6.07) is 10.2. The first-order chi connectivity index (χ1) is 12.0. The zero-order valence-corrected chi connectivity index (χ0v) is 14.5. The largest absolute Gasteiger partial charge is 0.351 e. The number of allylic oxidation sites excluding steroid dienone is 1. The van der Waals surface area contributed by atoms with Crippen LogP contribution >= 0.6 is 11.6 Å². The highest BCUT2D eigenvalue weighted by Crippen LogP contribution is 2.31. The molecule has 6 heteroatoms. The number of hydrogen-bond donors (Lipinski definition) is 3. The van der Waals surface area contributed by atoms with Crippen LogP contribution in [-0.2, 0) is 0 Å². The van der Waals surface area contributed by atoms with Crippen molar-refractivity contribution in [2.75, 3.05) is 5.32 Å². The van der Waals surface area contributed by atoms with Crippen LogP contribution in [0.2, 0.25) is 5.02 Å². The fourth-order valence-electron chi connectivity index (χ4n) is 3.19. The van der Waals surface area contributed by atoms with Crippen LogP contribution in [0.4, 0.5) is 10.5 Å². The third kappa shape index (κ3) is 4.31. The third-order valence-electron chi connectivity index (χ3n) is 4.42. The second-order valence-corrected chi connectivity index (χ2v) is 6.65. The number of nitrogens with two attached hydrogens (primary N) is 1. The fraction of sp³-hybridized carbons (Fsp3) is 0.263. The van der Waals surface area contributed by atoms with Crippen LogP contribution in [0.15, 0.2) is 47.3 Å². The summed E-state index contributed by atoms with van der Waals surface area (Å²) in [5.74, 6) is 0.498. The van der Waals surface area contributed by atoms with Crippen molar-refractivity contribution in [3.63, 3.8) is 0 Å². The molecule has 1 saturated carbocycles. The van der Waals surface area contributed by atoms with E-state index in [4.69, 9.17) is 17.3 Å². The SMILES string of the molecule is NC(=O)Nc1ccc(/C(=C\C2CCCC2)c2ccc(Cl)c(=O)[nH]2)cc1. The number of pyridine rings is 1. The first kappa shape index (κ1) is 17.3. The normalized spacial score (nSPS) is 15.3. The summed E-state index contributed by atoms with van der Waals surface area (Å²) in [6.45, 7) is 0. The number of H-pyrrole nitrogens is 1. The van der Waals surface area contributed by atoms with E-state index in [9.17, 15) is 9.59 Å². The Morgan fingerprint density at radius 2 is 1.84 bits per heavy atom. The Kier molecular flexibility index (Phi) is 5.24. The summed E-state index contributed by atoms with van der Waals surface area (Å²) in [4.78, 5) is 25.7. The van der Waals surface area contributed by atoms with E-state index in [1.54, 1.807) is 18.2 Å². The van der Waals surface area contributed by atoms with Crippen molar-refractivity contribution in [2.24, 2.45) is 11.7 Å². The lowest BCUT2D eigenvalue weighted by molar-refractivity contribution is 0.259. The smallest absolute Gasteiger partial charge is 0.316 e. The molecule has 4 N–H and O–H groups in total. The molecule has 0 radical (unpaired) electrons. The van der Waals surface area contributed by atoms with E-state index in [2.05, 4.69) is 16.4 Å². The van der Waals surface area contributed by atoms with E-state index in [1.807, 2.05) is 18.2 Å². The van der Waals surface area contributed by atoms with Gasteiger partial charge in [-0.3, -0.25) is 4.79 Å². The Balaban J connectivity index is 1.99. The topological polar surface area (TPSA) is 88.0 Å². The Morgan fingerprint density at radius 3 is 2.44 bits per heavy atom. The summed E-state index contributed by atoms with van der Waals surface area (Å²) < 4.78 is 0. The number of carbonyl (C=O) groups excluding carboxylic acids is 1. The highest BCUT2D eigenvalue weighted by Gasteiger charge is 2.16. The molecule has 130 valence electrons. The number of nitrogens with one attached hydrogen (secondary N) is 2. The maximum Gasteiger partial charge on any atom is 0.316 e. The van der Waals surface area contributed by atoms with Crippen molar-refractivity contribution >= 4 is 28.9 Å². The predicted molar refractivity (Wildman–Crippen MR) is 101 cm³/mol. The molecule has 2 aromatic rings. The van der Waals surface area contributed by atoms with Crippen LogP contribution < -0.4 is 16.6 Å². The van der Waals surface area contributed by atoms with Crippen LogP contribution in [0, 0.1) is 5.92 Å². The van der Waals surface area contributed by atoms with Crippen LogP contribution in [-0.4, -0.2) is 11.0 Å². The molecule has 25 heavy (non-hydrogen) atoms. The van der Waals surface area contributed by atoms with E-state index < -0.39 is 6.03 Å². The maximum absolute atomic E-state index is 11.9. The van der Waals surface area contributed by atoms with Gasteiger partial charge in [0, 0.05) is 17.0 Å². The number of primary amides is 1. The molecular formula is C19H20ClN3O2. The second-order valence-electron chi connectivity index (χ2n) is 6.24. The molecule has 0 bridgehead atoms. The van der Waals surface area contributed by atoms with Gasteiger partial charge in [0.25, 0.3) is 5.56 Å². The molecule has 2 amide bonds. The lowest BCUT2D eigenvalue weighted by Crippen LogP contribution is -2.19. The molecule has 1 aromatic heterocycles. The van der Waals surface area contributed by atoms with Crippen molar-refractivity contribution in [3.8, 4) is 0 Å². The van der Waals surface area contributed by atoms with Gasteiger partial charge in [0.05, 0.1) is 0 Å². The predicted octanol–water partition coefficient (Wildman–Crippen LogP) is 4.14. The van der Waals surface area contributed by atoms with Gasteiger partial charge in [-0.25, -0.2) is 4.79 Å². The van der Waals surface area contributed by atoms with Gasteiger partial charge in [-0.05, 0) is 48.6 Å². The van der Waals surface area contributed by atoms with E-state index in [1.165, 1.54) is 12.8 Å². The molecule has 0 saturated heterocycles. The average Bonchev–Trinajstić information content (AvgIpc) is 3.09. The number of aromatic amines is 1. The molecule has 1 aromatic carbocycles. The fourth-order valence-corrected chi connectivity index (χ4v) is 3.30. The van der Waals surface area contributed by atoms with Crippen LogP contribution in [0.3, 0.4) is 0 Å². The third-order valence-corrected chi connectivity index (χ3v) is 4.71. The minimum atomic E-state index is -0.600. The van der Waals surface area contributed by atoms with Crippen LogP contribution in [0.5, 0.6) is 0 Å². The highest BCUT2D eigenvalue weighted by molar-refractivity contribution is 6.30. The number of anilines is 1. The Morgan fingerprint density at radius 1 is 1.16 bits per heavy atom. The molecule has 1 fully saturated rings. The van der Waals surface area contributed by atoms with Crippen molar-refractivity contribution in [3.05, 3.63) is 69.1 Å². The summed E-state index contributed by atoms with van der Waals surface area (Å²) in [5.41, 5.74) is 8.12. The molecule has 1 aliphatic carbocycles. The number of carbonyl (C=O) groups is 1. The molecule has 0 unspecified atom stereocenters. The minimum Gasteiger partial charge on any atom is -0.351 e. The molecule has 1 heterocycles. The summed E-state index contributed by atoms with van der Waals surface area (Å²) in [5, 5.41) is 2.72. The second kappa shape index (κ2) is 7.57.